The van der Waals surface area contributed by atoms with Crippen molar-refractivity contribution in [1.29, 1.82) is 0 Å². The van der Waals surface area contributed by atoms with Gasteiger partial charge in [0.25, 0.3) is 0 Å². The number of ether oxygens (including phenoxy) is 1. The number of benzene rings is 1. The van der Waals surface area contributed by atoms with E-state index in [4.69, 9.17) is 11.6 Å². The van der Waals surface area contributed by atoms with Gasteiger partial charge in [0.1, 0.15) is 10.8 Å². The summed E-state index contributed by atoms with van der Waals surface area (Å²) in [6.45, 7) is 3.09. The first-order chi connectivity index (χ1) is 7.30. The van der Waals surface area contributed by atoms with Gasteiger partial charge in [0.15, 0.2) is 0 Å². The number of halogens is 4. The Bertz CT molecular complexity index is 426. The predicted octanol–water partition coefficient (Wildman–Crippen LogP) is 3.36. The van der Waals surface area contributed by atoms with E-state index in [-0.39, 0.29) is 5.75 Å². The summed E-state index contributed by atoms with van der Waals surface area (Å²) in [5.41, 5.74) is -0.905. The summed E-state index contributed by atoms with van der Waals surface area (Å²) in [7, 11) is 0. The van der Waals surface area contributed by atoms with Crippen molar-refractivity contribution in [2.75, 3.05) is 0 Å². The fraction of sp³-hybridized carbons (Fsp3) is 0.100. The van der Waals surface area contributed by atoms with Crippen LogP contribution in [0.25, 0.3) is 0 Å². The van der Waals surface area contributed by atoms with E-state index < -0.39 is 22.7 Å². The van der Waals surface area contributed by atoms with Crippen LogP contribution in [0.1, 0.15) is 5.56 Å². The van der Waals surface area contributed by atoms with E-state index in [1.807, 2.05) is 0 Å². The molecule has 1 rings (SSSR count). The van der Waals surface area contributed by atoms with Gasteiger partial charge in [0, 0.05) is 0 Å². The Hall–Kier alpha value is -1.49. The average Bonchev–Trinajstić information content (AvgIpc) is 2.16. The predicted molar refractivity (Wildman–Crippen MR) is 52.1 cm³/mol. The molecule has 1 aromatic rings. The second kappa shape index (κ2) is 4.57. The number of hydrogen-bond acceptors (Lipinski definition) is 2. The van der Waals surface area contributed by atoms with Crippen LogP contribution in [0.15, 0.2) is 35.9 Å². The Morgan fingerprint density at radius 1 is 1.38 bits per heavy atom. The van der Waals surface area contributed by atoms with Crippen molar-refractivity contribution in [3.8, 4) is 5.75 Å². The maximum Gasteiger partial charge on any atom is 0.416 e. The van der Waals surface area contributed by atoms with Gasteiger partial charge in [-0.2, -0.15) is 13.2 Å². The molecular formula is C10H6ClF3O2. The van der Waals surface area contributed by atoms with Crippen LogP contribution in [0.2, 0.25) is 0 Å². The Kier molecular flexibility index (Phi) is 3.59. The first-order valence-electron chi connectivity index (χ1n) is 4.04. The fourth-order valence-corrected chi connectivity index (χ4v) is 0.937. The SMILES string of the molecule is C=C(Cl)C(=O)Oc1cccc(C(F)(F)F)c1. The molecule has 16 heavy (non-hydrogen) atoms. The summed E-state index contributed by atoms with van der Waals surface area (Å²) >= 11 is 5.22. The van der Waals surface area contributed by atoms with Gasteiger partial charge < -0.3 is 4.74 Å². The van der Waals surface area contributed by atoms with E-state index in [2.05, 4.69) is 11.3 Å². The summed E-state index contributed by atoms with van der Waals surface area (Å²) in [6, 6.07) is 3.92. The second-order valence-corrected chi connectivity index (χ2v) is 3.28. The van der Waals surface area contributed by atoms with Gasteiger partial charge in [-0.15, -0.1) is 0 Å². The molecule has 0 saturated carbocycles. The zero-order valence-electron chi connectivity index (χ0n) is 7.84. The third kappa shape index (κ3) is 3.27. The van der Waals surface area contributed by atoms with Crippen molar-refractivity contribution in [2.45, 2.75) is 6.18 Å². The number of carbonyl (C=O) groups is 1. The molecule has 0 aliphatic carbocycles. The Labute approximate surface area is 94.3 Å². The molecule has 0 radical (unpaired) electrons. The average molecular weight is 251 g/mol. The molecular weight excluding hydrogens is 245 g/mol. The molecule has 0 aromatic heterocycles. The van der Waals surface area contributed by atoms with Gasteiger partial charge >= 0.3 is 12.1 Å². The lowest BCUT2D eigenvalue weighted by Gasteiger charge is -2.08. The standard InChI is InChI=1S/C10H6ClF3O2/c1-6(11)9(15)16-8-4-2-3-7(5-8)10(12,13)14/h2-5H,1H2. The molecule has 1 aromatic carbocycles. The maximum atomic E-state index is 12.3. The second-order valence-electron chi connectivity index (χ2n) is 2.82. The molecule has 86 valence electrons. The van der Waals surface area contributed by atoms with Crippen molar-refractivity contribution >= 4 is 17.6 Å². The van der Waals surface area contributed by atoms with E-state index in [9.17, 15) is 18.0 Å². The molecule has 0 saturated heterocycles. The Balaban J connectivity index is 2.92. The monoisotopic (exact) mass is 250 g/mol. The van der Waals surface area contributed by atoms with Gasteiger partial charge in [0.2, 0.25) is 0 Å². The number of alkyl halides is 3. The third-order valence-corrected chi connectivity index (χ3v) is 1.75. The van der Waals surface area contributed by atoms with Gasteiger partial charge in [-0.05, 0) is 18.2 Å². The quantitative estimate of drug-likeness (QED) is 0.457. The molecule has 0 N–H and O–H groups in total. The van der Waals surface area contributed by atoms with Gasteiger partial charge in [-0.25, -0.2) is 4.79 Å². The molecule has 2 nitrogen and oxygen atoms in total. The van der Waals surface area contributed by atoms with Crippen molar-refractivity contribution in [3.05, 3.63) is 41.4 Å². The molecule has 0 fully saturated rings. The van der Waals surface area contributed by atoms with Crippen molar-refractivity contribution in [3.63, 3.8) is 0 Å². The van der Waals surface area contributed by atoms with Gasteiger partial charge in [0.05, 0.1) is 5.56 Å². The first kappa shape index (κ1) is 12.6. The van der Waals surface area contributed by atoms with Crippen LogP contribution in [0.4, 0.5) is 13.2 Å². The zero-order valence-corrected chi connectivity index (χ0v) is 8.60. The molecule has 0 spiro atoms. The topological polar surface area (TPSA) is 26.3 Å². The Morgan fingerprint density at radius 3 is 2.50 bits per heavy atom. The summed E-state index contributed by atoms with van der Waals surface area (Å²) in [6.07, 6.45) is -4.49. The lowest BCUT2D eigenvalue weighted by molar-refractivity contribution is -0.138. The largest absolute Gasteiger partial charge is 0.422 e. The van der Waals surface area contributed by atoms with Crippen LogP contribution in [0, 0.1) is 0 Å². The smallest absolute Gasteiger partial charge is 0.416 e. The number of rotatable bonds is 2. The molecule has 0 aliphatic rings. The highest BCUT2D eigenvalue weighted by atomic mass is 35.5. The molecule has 6 heteroatoms. The van der Waals surface area contributed by atoms with E-state index in [0.29, 0.717) is 6.07 Å². The van der Waals surface area contributed by atoms with E-state index >= 15 is 0 Å². The van der Waals surface area contributed by atoms with Crippen molar-refractivity contribution in [1.82, 2.24) is 0 Å². The minimum atomic E-state index is -4.49. The normalized spacial score (nSPS) is 11.0. The highest BCUT2D eigenvalue weighted by molar-refractivity contribution is 6.41. The lowest BCUT2D eigenvalue weighted by Crippen LogP contribution is -2.09. The summed E-state index contributed by atoms with van der Waals surface area (Å²) < 4.78 is 41.4. The fourth-order valence-electron chi connectivity index (χ4n) is 0.898. The molecule has 0 unspecified atom stereocenters. The van der Waals surface area contributed by atoms with Gasteiger partial charge in [-0.1, -0.05) is 24.2 Å². The molecule has 0 atom stereocenters. The van der Waals surface area contributed by atoms with E-state index in [1.165, 1.54) is 6.07 Å². The zero-order chi connectivity index (χ0) is 12.3. The third-order valence-electron chi connectivity index (χ3n) is 1.59. The van der Waals surface area contributed by atoms with Crippen LogP contribution in [-0.4, -0.2) is 5.97 Å². The van der Waals surface area contributed by atoms with Crippen LogP contribution < -0.4 is 4.74 Å². The highest BCUT2D eigenvalue weighted by Crippen LogP contribution is 2.31. The summed E-state index contributed by atoms with van der Waals surface area (Å²) in [5, 5.41) is -0.405. The van der Waals surface area contributed by atoms with Crippen molar-refractivity contribution in [2.24, 2.45) is 0 Å². The van der Waals surface area contributed by atoms with Crippen LogP contribution >= 0.6 is 11.6 Å². The minimum Gasteiger partial charge on any atom is -0.422 e. The Morgan fingerprint density at radius 2 is 2.00 bits per heavy atom. The van der Waals surface area contributed by atoms with Crippen LogP contribution in [0.5, 0.6) is 5.75 Å². The lowest BCUT2D eigenvalue weighted by atomic mass is 10.2. The van der Waals surface area contributed by atoms with Crippen LogP contribution in [0.3, 0.4) is 0 Å². The molecule has 0 aliphatic heterocycles. The highest BCUT2D eigenvalue weighted by Gasteiger charge is 2.30. The molecule has 0 amide bonds. The van der Waals surface area contributed by atoms with Crippen LogP contribution in [-0.2, 0) is 11.0 Å². The number of hydrogen-bond donors (Lipinski definition) is 0. The summed E-state index contributed by atoms with van der Waals surface area (Å²) in [5.74, 6) is -1.22. The molecule has 0 bridgehead atoms. The van der Waals surface area contributed by atoms with Crippen molar-refractivity contribution < 1.29 is 22.7 Å². The molecule has 0 heterocycles. The number of esters is 1. The summed E-state index contributed by atoms with van der Waals surface area (Å²) in [4.78, 5) is 10.9. The van der Waals surface area contributed by atoms with E-state index in [0.717, 1.165) is 12.1 Å². The minimum absolute atomic E-state index is 0.235. The van der Waals surface area contributed by atoms with E-state index in [1.54, 1.807) is 0 Å². The van der Waals surface area contributed by atoms with Gasteiger partial charge in [-0.3, -0.25) is 0 Å². The number of carbonyl (C=O) groups excluding carboxylic acids is 1. The maximum absolute atomic E-state index is 12.3. The first-order valence-corrected chi connectivity index (χ1v) is 4.42.